The van der Waals surface area contributed by atoms with Crippen molar-refractivity contribution in [2.45, 2.75) is 37.6 Å². The molecule has 9 heteroatoms. The number of aldehydes is 1. The van der Waals surface area contributed by atoms with Crippen molar-refractivity contribution in [3.05, 3.63) is 77.6 Å². The van der Waals surface area contributed by atoms with Gasteiger partial charge in [0.05, 0.1) is 19.1 Å². The molecule has 0 saturated heterocycles. The number of rotatable bonds is 10. The number of para-hydroxylation sites is 1. The van der Waals surface area contributed by atoms with Crippen LogP contribution < -0.4 is 9.46 Å². The summed E-state index contributed by atoms with van der Waals surface area (Å²) in [5.74, 6) is -1.18. The molecular weight excluding hydrogens is 432 g/mol. The number of nitrogens with one attached hydrogen (secondary N) is 1. The van der Waals surface area contributed by atoms with E-state index in [0.29, 0.717) is 6.42 Å². The molecule has 32 heavy (non-hydrogen) atoms. The van der Waals surface area contributed by atoms with Crippen molar-refractivity contribution >= 4 is 22.3 Å². The summed E-state index contributed by atoms with van der Waals surface area (Å²) in [6.45, 7) is 4.07. The van der Waals surface area contributed by atoms with E-state index >= 15 is 0 Å². The van der Waals surface area contributed by atoms with Crippen LogP contribution in [0.3, 0.4) is 0 Å². The number of sulfonamides is 1. The van der Waals surface area contributed by atoms with Gasteiger partial charge in [0.15, 0.2) is 0 Å². The molecule has 0 saturated carbocycles. The number of benzene rings is 1. The van der Waals surface area contributed by atoms with Gasteiger partial charge in [-0.25, -0.2) is 13.1 Å². The van der Waals surface area contributed by atoms with Crippen molar-refractivity contribution in [3.8, 4) is 5.75 Å². The van der Waals surface area contributed by atoms with Gasteiger partial charge in [0.25, 0.3) is 0 Å². The number of carbonyl (C=O) groups is 2. The van der Waals surface area contributed by atoms with Crippen LogP contribution >= 0.6 is 0 Å². The zero-order valence-electron chi connectivity index (χ0n) is 17.9. The van der Waals surface area contributed by atoms with E-state index in [0.717, 1.165) is 16.8 Å². The molecule has 2 rings (SSSR count). The van der Waals surface area contributed by atoms with Crippen LogP contribution in [0.1, 0.15) is 23.2 Å². The van der Waals surface area contributed by atoms with Crippen molar-refractivity contribution in [1.29, 1.82) is 0 Å². The maximum Gasteiger partial charge on any atom is 0.305 e. The third-order valence-corrected chi connectivity index (χ3v) is 6.01. The lowest BCUT2D eigenvalue weighted by Crippen LogP contribution is -2.37. The number of aliphatic carboxylic acids is 1. The van der Waals surface area contributed by atoms with Crippen molar-refractivity contribution in [2.75, 3.05) is 6.61 Å². The highest BCUT2D eigenvalue weighted by molar-refractivity contribution is 7.89. The van der Waals surface area contributed by atoms with Crippen LogP contribution in [0.5, 0.6) is 5.75 Å². The first-order chi connectivity index (χ1) is 15.2. The predicted octanol–water partition coefficient (Wildman–Crippen LogP) is 2.76. The van der Waals surface area contributed by atoms with Gasteiger partial charge in [-0.2, -0.15) is 0 Å². The third kappa shape index (κ3) is 7.75. The van der Waals surface area contributed by atoms with E-state index in [-0.39, 0.29) is 23.5 Å². The number of carboxylic acid groups (broad SMARTS) is 1. The maximum absolute atomic E-state index is 12.7. The van der Waals surface area contributed by atoms with Gasteiger partial charge in [0.2, 0.25) is 10.0 Å². The minimum atomic E-state index is -4.17. The summed E-state index contributed by atoms with van der Waals surface area (Å²) < 4.78 is 33.3. The Morgan fingerprint density at radius 1 is 1.12 bits per heavy atom. The fraction of sp³-hybridized carbons (Fsp3) is 0.261. The lowest BCUT2D eigenvalue weighted by atomic mass is 10.1. The Hall–Kier alpha value is -3.30. The summed E-state index contributed by atoms with van der Waals surface area (Å²) in [4.78, 5) is 26.0. The van der Waals surface area contributed by atoms with Crippen molar-refractivity contribution in [2.24, 2.45) is 0 Å². The highest BCUT2D eigenvalue weighted by atomic mass is 32.2. The van der Waals surface area contributed by atoms with Gasteiger partial charge in [0, 0.05) is 18.3 Å². The fourth-order valence-corrected chi connectivity index (χ4v) is 4.16. The molecule has 0 amide bonds. The first kappa shape index (κ1) is 25.0. The van der Waals surface area contributed by atoms with E-state index < -0.39 is 28.5 Å². The smallest absolute Gasteiger partial charge is 0.305 e. The normalized spacial score (nSPS) is 11.8. The summed E-state index contributed by atoms with van der Waals surface area (Å²) >= 11 is 0. The highest BCUT2D eigenvalue weighted by Gasteiger charge is 2.24. The molecule has 0 bridgehead atoms. The molecule has 0 spiro atoms. The van der Waals surface area contributed by atoms with Crippen LogP contribution in [-0.2, 0) is 26.0 Å². The minimum absolute atomic E-state index is 0.112. The Morgan fingerprint density at radius 3 is 2.59 bits per heavy atom. The standard InChI is InChI=1S/C23H26N2O6S/c1-17-7-6-13-24-18(2)8-5-9-19(17)12-14-31-21-10-3-4-11-22(21)32(29,30)25-20(16-26)15-23(27)28/h3-11,13,16,20,25H,12,14-15H2,1-2H3,(H,27,28)/t20-/m0/s1. The SMILES string of the molecule is Cc1cccc(CCOc2ccccc2S(=O)(=O)N[C@H](C=O)CC(=O)O)c(C)cccn1. The van der Waals surface area contributed by atoms with E-state index in [9.17, 15) is 18.0 Å². The van der Waals surface area contributed by atoms with Crippen LogP contribution in [0, 0.1) is 13.8 Å². The number of carbonyl (C=O) groups excluding carboxylic acids is 1. The molecule has 8 nitrogen and oxygen atoms in total. The molecule has 1 heterocycles. The summed E-state index contributed by atoms with van der Waals surface area (Å²) in [5, 5.41) is 8.84. The van der Waals surface area contributed by atoms with Crippen LogP contribution in [-0.4, -0.2) is 43.4 Å². The monoisotopic (exact) mass is 458 g/mol. The predicted molar refractivity (Wildman–Crippen MR) is 119 cm³/mol. The van der Waals surface area contributed by atoms with Crippen molar-refractivity contribution in [3.63, 3.8) is 0 Å². The Balaban J connectivity index is 2.20. The van der Waals surface area contributed by atoms with Gasteiger partial charge in [-0.3, -0.25) is 9.78 Å². The average Bonchev–Trinajstić information content (AvgIpc) is 2.74. The largest absolute Gasteiger partial charge is 0.492 e. The lowest BCUT2D eigenvalue weighted by molar-refractivity contribution is -0.138. The number of hydrogen-bond acceptors (Lipinski definition) is 6. The van der Waals surface area contributed by atoms with Gasteiger partial charge in [-0.15, -0.1) is 0 Å². The quantitative estimate of drug-likeness (QED) is 0.525. The summed E-state index contributed by atoms with van der Waals surface area (Å²) in [6, 6.07) is 14.1. The Morgan fingerprint density at radius 2 is 1.88 bits per heavy atom. The molecule has 2 N–H and O–H groups in total. The van der Waals surface area contributed by atoms with Gasteiger partial charge in [-0.1, -0.05) is 30.3 Å². The third-order valence-electron chi connectivity index (χ3n) is 4.48. The summed E-state index contributed by atoms with van der Waals surface area (Å²) in [5.41, 5.74) is 2.90. The van der Waals surface area contributed by atoms with E-state index in [1.807, 2.05) is 44.2 Å². The second kappa shape index (κ2) is 11.9. The molecule has 0 radical (unpaired) electrons. The van der Waals surface area contributed by atoms with Crippen molar-refractivity contribution < 1.29 is 27.9 Å². The zero-order valence-corrected chi connectivity index (χ0v) is 18.7. The Bertz CT molecular complexity index is 1120. The molecule has 0 aliphatic rings. The number of aryl methyl sites for hydroxylation is 2. The number of ether oxygens (including phenoxy) is 1. The first-order valence-electron chi connectivity index (χ1n) is 9.89. The minimum Gasteiger partial charge on any atom is -0.492 e. The zero-order chi connectivity index (χ0) is 23.6. The second-order valence-corrected chi connectivity index (χ2v) is 8.70. The molecule has 1 atom stereocenters. The molecule has 0 aliphatic carbocycles. The van der Waals surface area contributed by atoms with E-state index in [4.69, 9.17) is 9.84 Å². The van der Waals surface area contributed by atoms with E-state index in [1.54, 1.807) is 12.3 Å². The number of aromatic nitrogens is 1. The number of hydrogen-bond donors (Lipinski definition) is 2. The van der Waals surface area contributed by atoms with Crippen LogP contribution in [0.4, 0.5) is 0 Å². The van der Waals surface area contributed by atoms with Crippen LogP contribution in [0.15, 0.2) is 65.7 Å². The topological polar surface area (TPSA) is 123 Å². The molecule has 0 fully saturated rings. The first-order valence-corrected chi connectivity index (χ1v) is 11.4. The number of carboxylic acids is 1. The summed E-state index contributed by atoms with van der Waals surface area (Å²) in [7, 11) is -4.17. The molecular formula is C23H26N2O6S. The second-order valence-electron chi connectivity index (χ2n) is 7.02. The molecule has 170 valence electrons. The van der Waals surface area contributed by atoms with E-state index in [1.165, 1.54) is 18.2 Å². The highest BCUT2D eigenvalue weighted by Crippen LogP contribution is 2.24. The van der Waals surface area contributed by atoms with Crippen LogP contribution in [0.2, 0.25) is 0 Å². The Kier molecular flexibility index (Phi) is 9.30. The molecule has 1 aromatic carbocycles. The average molecular weight is 459 g/mol. The fourth-order valence-electron chi connectivity index (χ4n) is 2.84. The van der Waals surface area contributed by atoms with Gasteiger partial charge >= 0.3 is 5.97 Å². The van der Waals surface area contributed by atoms with Crippen molar-refractivity contribution in [1.82, 2.24) is 9.71 Å². The van der Waals surface area contributed by atoms with Crippen LogP contribution in [0.25, 0.3) is 0 Å². The van der Waals surface area contributed by atoms with Gasteiger partial charge in [0.1, 0.15) is 16.9 Å². The maximum atomic E-state index is 12.7. The molecule has 1 aromatic heterocycles. The molecule has 2 aromatic rings. The van der Waals surface area contributed by atoms with Gasteiger partial charge in [-0.05, 0) is 49.2 Å². The van der Waals surface area contributed by atoms with Gasteiger partial charge < -0.3 is 14.6 Å². The lowest BCUT2D eigenvalue weighted by Gasteiger charge is -2.15. The molecule has 0 unspecified atom stereocenters. The molecule has 0 aliphatic heterocycles. The van der Waals surface area contributed by atoms with E-state index in [2.05, 4.69) is 9.71 Å². The summed E-state index contributed by atoms with van der Waals surface area (Å²) in [6.07, 6.45) is 1.84. The Labute approximate surface area is 187 Å². The number of nitrogens with zero attached hydrogens (tertiary/aromatic N) is 1.